The largest absolute Gasteiger partial charge is 0.347 e. The lowest BCUT2D eigenvalue weighted by Gasteiger charge is -2.42. The van der Waals surface area contributed by atoms with Crippen molar-refractivity contribution in [2.24, 2.45) is 0 Å². The van der Waals surface area contributed by atoms with Crippen LogP contribution in [0.1, 0.15) is 48.5 Å². The minimum absolute atomic E-state index is 0.00836. The molecule has 0 saturated heterocycles. The van der Waals surface area contributed by atoms with Crippen molar-refractivity contribution >= 4 is 25.6 Å². The third-order valence-corrected chi connectivity index (χ3v) is 5.54. The van der Waals surface area contributed by atoms with Gasteiger partial charge in [0.15, 0.2) is 0 Å². The SMILES string of the molecule is CCC1(NC(=O)c2ccc(C)c(S(=O)(=O)Cl)c2)CCC1. The van der Waals surface area contributed by atoms with E-state index in [4.69, 9.17) is 10.7 Å². The van der Waals surface area contributed by atoms with E-state index >= 15 is 0 Å². The summed E-state index contributed by atoms with van der Waals surface area (Å²) in [6, 6.07) is 4.57. The summed E-state index contributed by atoms with van der Waals surface area (Å²) in [5.74, 6) is -0.242. The highest BCUT2D eigenvalue weighted by Crippen LogP contribution is 2.35. The van der Waals surface area contributed by atoms with E-state index in [9.17, 15) is 13.2 Å². The lowest BCUT2D eigenvalue weighted by Crippen LogP contribution is -2.52. The number of rotatable bonds is 4. The first kappa shape index (κ1) is 15.3. The van der Waals surface area contributed by atoms with Gasteiger partial charge in [0.1, 0.15) is 0 Å². The summed E-state index contributed by atoms with van der Waals surface area (Å²) in [5.41, 5.74) is 0.738. The maximum Gasteiger partial charge on any atom is 0.261 e. The van der Waals surface area contributed by atoms with Crippen molar-refractivity contribution < 1.29 is 13.2 Å². The Morgan fingerprint density at radius 1 is 1.40 bits per heavy atom. The molecule has 0 spiro atoms. The summed E-state index contributed by atoms with van der Waals surface area (Å²) >= 11 is 0. The van der Waals surface area contributed by atoms with Crippen molar-refractivity contribution in [1.82, 2.24) is 5.32 Å². The van der Waals surface area contributed by atoms with E-state index < -0.39 is 9.05 Å². The summed E-state index contributed by atoms with van der Waals surface area (Å²) in [6.45, 7) is 3.69. The molecule has 6 heteroatoms. The van der Waals surface area contributed by atoms with Gasteiger partial charge in [-0.1, -0.05) is 13.0 Å². The molecule has 1 aromatic rings. The van der Waals surface area contributed by atoms with Gasteiger partial charge in [0.05, 0.1) is 4.90 Å². The molecule has 2 rings (SSSR count). The van der Waals surface area contributed by atoms with Gasteiger partial charge in [-0.15, -0.1) is 0 Å². The minimum Gasteiger partial charge on any atom is -0.347 e. The maximum atomic E-state index is 12.3. The Balaban J connectivity index is 2.27. The number of hydrogen-bond donors (Lipinski definition) is 1. The van der Waals surface area contributed by atoms with Crippen molar-refractivity contribution in [3.8, 4) is 0 Å². The lowest BCUT2D eigenvalue weighted by molar-refractivity contribution is 0.0820. The molecule has 0 heterocycles. The average Bonchev–Trinajstić information content (AvgIpc) is 2.32. The second-order valence-electron chi connectivity index (χ2n) is 5.36. The van der Waals surface area contributed by atoms with Crippen molar-refractivity contribution in [3.63, 3.8) is 0 Å². The third kappa shape index (κ3) is 2.99. The molecule has 1 fully saturated rings. The molecule has 4 nitrogen and oxygen atoms in total. The van der Waals surface area contributed by atoms with Crippen LogP contribution in [0.25, 0.3) is 0 Å². The second-order valence-corrected chi connectivity index (χ2v) is 7.89. The van der Waals surface area contributed by atoms with Crippen LogP contribution in [0.2, 0.25) is 0 Å². The number of amides is 1. The first-order chi connectivity index (χ1) is 9.27. The van der Waals surface area contributed by atoms with Gasteiger partial charge >= 0.3 is 0 Å². The molecular formula is C14H18ClNO3S. The van der Waals surface area contributed by atoms with Crippen LogP contribution in [-0.2, 0) is 9.05 Å². The van der Waals surface area contributed by atoms with Gasteiger partial charge in [0, 0.05) is 21.8 Å². The van der Waals surface area contributed by atoms with E-state index in [1.165, 1.54) is 6.07 Å². The molecule has 0 bridgehead atoms. The Kier molecular flexibility index (Phi) is 4.12. The third-order valence-electron chi connectivity index (χ3n) is 4.08. The summed E-state index contributed by atoms with van der Waals surface area (Å²) in [5, 5.41) is 3.02. The molecule has 1 aliphatic carbocycles. The molecule has 1 N–H and O–H groups in total. The number of carbonyl (C=O) groups is 1. The van der Waals surface area contributed by atoms with E-state index in [1.807, 2.05) is 6.92 Å². The Bertz CT molecular complexity index is 630. The predicted molar refractivity (Wildman–Crippen MR) is 78.6 cm³/mol. The first-order valence-electron chi connectivity index (χ1n) is 6.65. The standard InChI is InChI=1S/C14H18ClNO3S/c1-3-14(7-4-8-14)16-13(17)11-6-5-10(2)12(9-11)20(15,18)19/h5-6,9H,3-4,7-8H2,1-2H3,(H,16,17). The van der Waals surface area contributed by atoms with Gasteiger partial charge in [-0.2, -0.15) is 0 Å². The van der Waals surface area contributed by atoms with Crippen LogP contribution in [0.15, 0.2) is 23.1 Å². The summed E-state index contributed by atoms with van der Waals surface area (Å²) < 4.78 is 22.9. The fraction of sp³-hybridized carbons (Fsp3) is 0.500. The highest BCUT2D eigenvalue weighted by Gasteiger charge is 2.36. The lowest BCUT2D eigenvalue weighted by atomic mass is 9.74. The van der Waals surface area contributed by atoms with E-state index in [0.717, 1.165) is 25.7 Å². The number of halogens is 1. The smallest absolute Gasteiger partial charge is 0.261 e. The summed E-state index contributed by atoms with van der Waals surface area (Å²) in [7, 11) is 1.54. The zero-order valence-corrected chi connectivity index (χ0v) is 13.1. The number of benzene rings is 1. The van der Waals surface area contributed by atoms with Crippen molar-refractivity contribution in [2.75, 3.05) is 0 Å². The Labute approximate surface area is 123 Å². The average molecular weight is 316 g/mol. The Hall–Kier alpha value is -1.07. The maximum absolute atomic E-state index is 12.3. The van der Waals surface area contributed by atoms with Crippen LogP contribution in [0.5, 0.6) is 0 Å². The molecule has 20 heavy (non-hydrogen) atoms. The fourth-order valence-electron chi connectivity index (χ4n) is 2.49. The fourth-order valence-corrected chi connectivity index (χ4v) is 3.71. The number of hydrogen-bond acceptors (Lipinski definition) is 3. The van der Waals surface area contributed by atoms with Gasteiger partial charge in [0.2, 0.25) is 0 Å². The predicted octanol–water partition coefficient (Wildman–Crippen LogP) is 2.99. The molecular weight excluding hydrogens is 298 g/mol. The highest BCUT2D eigenvalue weighted by molar-refractivity contribution is 8.13. The molecule has 0 radical (unpaired) electrons. The first-order valence-corrected chi connectivity index (χ1v) is 8.96. The van der Waals surface area contributed by atoms with Crippen LogP contribution in [-0.4, -0.2) is 19.9 Å². The van der Waals surface area contributed by atoms with Crippen LogP contribution in [0.4, 0.5) is 0 Å². The summed E-state index contributed by atoms with van der Waals surface area (Å²) in [4.78, 5) is 12.2. The molecule has 0 aliphatic heterocycles. The highest BCUT2D eigenvalue weighted by atomic mass is 35.7. The minimum atomic E-state index is -3.84. The summed E-state index contributed by atoms with van der Waals surface area (Å²) in [6.07, 6.45) is 3.94. The van der Waals surface area contributed by atoms with Crippen LogP contribution < -0.4 is 5.32 Å². The van der Waals surface area contributed by atoms with Crippen molar-refractivity contribution in [2.45, 2.75) is 50.0 Å². The van der Waals surface area contributed by atoms with E-state index in [1.54, 1.807) is 19.1 Å². The van der Waals surface area contributed by atoms with Crippen LogP contribution in [0, 0.1) is 6.92 Å². The molecule has 0 unspecified atom stereocenters. The zero-order valence-electron chi connectivity index (χ0n) is 11.6. The van der Waals surface area contributed by atoms with E-state index in [0.29, 0.717) is 11.1 Å². The molecule has 1 aromatic carbocycles. The van der Waals surface area contributed by atoms with Gasteiger partial charge in [-0.05, 0) is 50.3 Å². The van der Waals surface area contributed by atoms with Gasteiger partial charge in [-0.3, -0.25) is 4.79 Å². The van der Waals surface area contributed by atoms with Gasteiger partial charge < -0.3 is 5.32 Å². The second kappa shape index (κ2) is 5.37. The van der Waals surface area contributed by atoms with Crippen LogP contribution >= 0.6 is 10.7 Å². The van der Waals surface area contributed by atoms with Crippen molar-refractivity contribution in [3.05, 3.63) is 29.3 Å². The molecule has 1 amide bonds. The Morgan fingerprint density at radius 2 is 2.05 bits per heavy atom. The van der Waals surface area contributed by atoms with Crippen LogP contribution in [0.3, 0.4) is 0 Å². The topological polar surface area (TPSA) is 63.2 Å². The monoisotopic (exact) mass is 315 g/mol. The van der Waals surface area contributed by atoms with Crippen molar-refractivity contribution in [1.29, 1.82) is 0 Å². The van der Waals surface area contributed by atoms with E-state index in [2.05, 4.69) is 5.32 Å². The number of carbonyl (C=O) groups excluding carboxylic acids is 1. The zero-order chi connectivity index (χ0) is 15.0. The van der Waals surface area contributed by atoms with Gasteiger partial charge in [0.25, 0.3) is 15.0 Å². The molecule has 0 aromatic heterocycles. The van der Waals surface area contributed by atoms with Gasteiger partial charge in [-0.25, -0.2) is 8.42 Å². The molecule has 0 atom stereocenters. The normalized spacial score (nSPS) is 17.4. The van der Waals surface area contributed by atoms with E-state index in [-0.39, 0.29) is 16.3 Å². The number of aryl methyl sites for hydroxylation is 1. The Morgan fingerprint density at radius 3 is 2.50 bits per heavy atom. The number of nitrogens with one attached hydrogen (secondary N) is 1. The molecule has 1 aliphatic rings. The molecule has 110 valence electrons. The quantitative estimate of drug-likeness (QED) is 0.869. The molecule has 1 saturated carbocycles.